The molecule has 0 unspecified atom stereocenters. The Balaban J connectivity index is 2.88. The normalized spacial score (nSPS) is 9.86. The number of ketones is 1. The van der Waals surface area contributed by atoms with Gasteiger partial charge in [0, 0.05) is 16.5 Å². The van der Waals surface area contributed by atoms with Crippen LogP contribution in [0.5, 0.6) is 0 Å². The van der Waals surface area contributed by atoms with E-state index in [2.05, 4.69) is 22.5 Å². The summed E-state index contributed by atoms with van der Waals surface area (Å²) >= 11 is 3.38. The molecular formula is C12H13BrO. The minimum absolute atomic E-state index is 0.167. The predicted molar refractivity (Wildman–Crippen MR) is 62.6 cm³/mol. The van der Waals surface area contributed by atoms with Crippen molar-refractivity contribution >= 4 is 21.7 Å². The SMILES string of the molecule is C=CCCC(=O)c1cc(C)ccc1Br. The van der Waals surface area contributed by atoms with Crippen LogP contribution in [-0.2, 0) is 0 Å². The summed E-state index contributed by atoms with van der Waals surface area (Å²) in [6, 6.07) is 5.81. The number of Topliss-reactive ketones (excluding diaryl/α,β-unsaturated/α-hetero) is 1. The molecule has 0 saturated carbocycles. The molecule has 0 amide bonds. The molecule has 0 N–H and O–H groups in total. The first-order valence-electron chi connectivity index (χ1n) is 4.55. The van der Waals surface area contributed by atoms with Crippen molar-refractivity contribution in [2.75, 3.05) is 0 Å². The Kier molecular flexibility index (Phi) is 4.08. The number of rotatable bonds is 4. The van der Waals surface area contributed by atoms with Crippen LogP contribution in [0.1, 0.15) is 28.8 Å². The van der Waals surface area contributed by atoms with Crippen LogP contribution in [0.4, 0.5) is 0 Å². The summed E-state index contributed by atoms with van der Waals surface area (Å²) in [6.45, 7) is 5.59. The molecule has 0 aliphatic rings. The van der Waals surface area contributed by atoms with Gasteiger partial charge in [0.2, 0.25) is 0 Å². The molecule has 0 fully saturated rings. The molecule has 1 rings (SSSR count). The largest absolute Gasteiger partial charge is 0.294 e. The third kappa shape index (κ3) is 2.81. The topological polar surface area (TPSA) is 17.1 Å². The van der Waals surface area contributed by atoms with E-state index in [0.29, 0.717) is 6.42 Å². The van der Waals surface area contributed by atoms with E-state index in [1.54, 1.807) is 6.08 Å². The minimum atomic E-state index is 0.167. The Morgan fingerprint density at radius 1 is 1.57 bits per heavy atom. The molecule has 0 aromatic heterocycles. The molecule has 0 aliphatic carbocycles. The zero-order valence-electron chi connectivity index (χ0n) is 8.22. The van der Waals surface area contributed by atoms with Crippen molar-refractivity contribution in [1.29, 1.82) is 0 Å². The van der Waals surface area contributed by atoms with Crippen molar-refractivity contribution in [2.24, 2.45) is 0 Å². The maximum Gasteiger partial charge on any atom is 0.164 e. The van der Waals surface area contributed by atoms with E-state index >= 15 is 0 Å². The second-order valence-electron chi connectivity index (χ2n) is 3.23. The molecule has 0 spiro atoms. The first-order valence-corrected chi connectivity index (χ1v) is 5.34. The molecule has 1 aromatic carbocycles. The lowest BCUT2D eigenvalue weighted by molar-refractivity contribution is 0.0983. The summed E-state index contributed by atoms with van der Waals surface area (Å²) in [4.78, 5) is 11.7. The third-order valence-electron chi connectivity index (χ3n) is 2.00. The minimum Gasteiger partial charge on any atom is -0.294 e. The molecule has 0 atom stereocenters. The van der Waals surface area contributed by atoms with Gasteiger partial charge in [-0.25, -0.2) is 0 Å². The fraction of sp³-hybridized carbons (Fsp3) is 0.250. The Morgan fingerprint density at radius 2 is 2.29 bits per heavy atom. The van der Waals surface area contributed by atoms with Gasteiger partial charge in [0.05, 0.1) is 0 Å². The van der Waals surface area contributed by atoms with Gasteiger partial charge < -0.3 is 0 Å². The van der Waals surface area contributed by atoms with Crippen LogP contribution in [-0.4, -0.2) is 5.78 Å². The molecule has 74 valence electrons. The van der Waals surface area contributed by atoms with Gasteiger partial charge in [-0.05, 0) is 25.5 Å². The second kappa shape index (κ2) is 5.11. The smallest absolute Gasteiger partial charge is 0.164 e. The fourth-order valence-corrected chi connectivity index (χ4v) is 1.69. The van der Waals surface area contributed by atoms with Crippen molar-refractivity contribution in [1.82, 2.24) is 0 Å². The highest BCUT2D eigenvalue weighted by Crippen LogP contribution is 2.20. The van der Waals surface area contributed by atoms with Crippen molar-refractivity contribution in [2.45, 2.75) is 19.8 Å². The van der Waals surface area contributed by atoms with Gasteiger partial charge >= 0.3 is 0 Å². The Labute approximate surface area is 93.0 Å². The number of carbonyl (C=O) groups excluding carboxylic acids is 1. The van der Waals surface area contributed by atoms with Gasteiger partial charge in [0.1, 0.15) is 0 Å². The van der Waals surface area contributed by atoms with Gasteiger partial charge in [-0.1, -0.05) is 33.6 Å². The number of hydrogen-bond donors (Lipinski definition) is 0. The highest BCUT2D eigenvalue weighted by molar-refractivity contribution is 9.10. The fourth-order valence-electron chi connectivity index (χ4n) is 1.22. The highest BCUT2D eigenvalue weighted by atomic mass is 79.9. The highest BCUT2D eigenvalue weighted by Gasteiger charge is 2.08. The van der Waals surface area contributed by atoms with E-state index in [9.17, 15) is 4.79 Å². The standard InChI is InChI=1S/C12H13BrO/c1-3-4-5-12(14)10-8-9(2)6-7-11(10)13/h3,6-8H,1,4-5H2,2H3. The van der Waals surface area contributed by atoms with Crippen molar-refractivity contribution < 1.29 is 4.79 Å². The number of carbonyl (C=O) groups is 1. The van der Waals surface area contributed by atoms with E-state index in [1.807, 2.05) is 25.1 Å². The summed E-state index contributed by atoms with van der Waals surface area (Å²) in [5, 5.41) is 0. The van der Waals surface area contributed by atoms with Crippen LogP contribution in [0, 0.1) is 6.92 Å². The molecule has 0 aliphatic heterocycles. The quantitative estimate of drug-likeness (QED) is 0.587. The van der Waals surface area contributed by atoms with Crippen molar-refractivity contribution in [3.05, 3.63) is 46.5 Å². The van der Waals surface area contributed by atoms with Crippen LogP contribution >= 0.6 is 15.9 Å². The van der Waals surface area contributed by atoms with Crippen LogP contribution in [0.15, 0.2) is 35.3 Å². The van der Waals surface area contributed by atoms with Crippen LogP contribution in [0.3, 0.4) is 0 Å². The van der Waals surface area contributed by atoms with E-state index in [1.165, 1.54) is 0 Å². The number of hydrogen-bond acceptors (Lipinski definition) is 1. The lowest BCUT2D eigenvalue weighted by Gasteiger charge is -2.03. The first-order chi connectivity index (χ1) is 6.65. The van der Waals surface area contributed by atoms with Gasteiger partial charge in [0.15, 0.2) is 5.78 Å². The molecule has 0 heterocycles. The summed E-state index contributed by atoms with van der Waals surface area (Å²) in [6.07, 6.45) is 3.03. The molecule has 14 heavy (non-hydrogen) atoms. The van der Waals surface area contributed by atoms with Crippen molar-refractivity contribution in [3.8, 4) is 0 Å². The predicted octanol–water partition coefficient (Wildman–Crippen LogP) is 3.91. The molecule has 0 saturated heterocycles. The molecule has 2 heteroatoms. The van der Waals surface area contributed by atoms with E-state index < -0.39 is 0 Å². The summed E-state index contributed by atoms with van der Waals surface area (Å²) in [5.41, 5.74) is 1.88. The number of halogens is 1. The zero-order chi connectivity index (χ0) is 10.6. The first kappa shape index (κ1) is 11.2. The van der Waals surface area contributed by atoms with Gasteiger partial charge in [0.25, 0.3) is 0 Å². The Morgan fingerprint density at radius 3 is 2.93 bits per heavy atom. The molecule has 0 bridgehead atoms. The van der Waals surface area contributed by atoms with E-state index in [4.69, 9.17) is 0 Å². The average molecular weight is 253 g/mol. The molecular weight excluding hydrogens is 240 g/mol. The summed E-state index contributed by atoms with van der Waals surface area (Å²) < 4.78 is 0.872. The second-order valence-corrected chi connectivity index (χ2v) is 4.09. The molecule has 0 radical (unpaired) electrons. The van der Waals surface area contributed by atoms with Crippen LogP contribution in [0.25, 0.3) is 0 Å². The number of allylic oxidation sites excluding steroid dienone is 1. The van der Waals surface area contributed by atoms with Crippen LogP contribution < -0.4 is 0 Å². The number of aryl methyl sites for hydroxylation is 1. The third-order valence-corrected chi connectivity index (χ3v) is 2.69. The van der Waals surface area contributed by atoms with Gasteiger partial charge in [-0.3, -0.25) is 4.79 Å². The van der Waals surface area contributed by atoms with Crippen LogP contribution in [0.2, 0.25) is 0 Å². The van der Waals surface area contributed by atoms with Gasteiger partial charge in [-0.2, -0.15) is 0 Å². The lowest BCUT2D eigenvalue weighted by atomic mass is 10.0. The summed E-state index contributed by atoms with van der Waals surface area (Å²) in [7, 11) is 0. The lowest BCUT2D eigenvalue weighted by Crippen LogP contribution is -1.99. The van der Waals surface area contributed by atoms with E-state index in [0.717, 1.165) is 22.0 Å². The number of benzene rings is 1. The Hall–Kier alpha value is -0.890. The average Bonchev–Trinajstić information content (AvgIpc) is 2.18. The van der Waals surface area contributed by atoms with Gasteiger partial charge in [-0.15, -0.1) is 6.58 Å². The summed E-state index contributed by atoms with van der Waals surface area (Å²) in [5.74, 6) is 0.167. The van der Waals surface area contributed by atoms with Crippen molar-refractivity contribution in [3.63, 3.8) is 0 Å². The maximum absolute atomic E-state index is 11.7. The maximum atomic E-state index is 11.7. The zero-order valence-corrected chi connectivity index (χ0v) is 9.80. The molecule has 1 aromatic rings. The monoisotopic (exact) mass is 252 g/mol. The Bertz CT molecular complexity index is 355. The molecule has 1 nitrogen and oxygen atoms in total. The van der Waals surface area contributed by atoms with E-state index in [-0.39, 0.29) is 5.78 Å².